The third-order valence-electron chi connectivity index (χ3n) is 14.9. The van der Waals surface area contributed by atoms with Crippen LogP contribution in [0, 0.1) is 48.3 Å². The van der Waals surface area contributed by atoms with E-state index in [4.69, 9.17) is 9.15 Å². The van der Waals surface area contributed by atoms with Gasteiger partial charge in [-0.2, -0.15) is 0 Å². The first kappa shape index (κ1) is 45.4. The van der Waals surface area contributed by atoms with Crippen molar-refractivity contribution in [2.45, 2.75) is 112 Å². The monoisotopic (exact) mass is 842 g/mol. The van der Waals surface area contributed by atoms with Crippen molar-refractivity contribution in [3.05, 3.63) is 70.6 Å². The molecule has 0 bridgehead atoms. The smallest absolute Gasteiger partial charge is 0.338 e. The summed E-state index contributed by atoms with van der Waals surface area (Å²) in [7, 11) is 0. The van der Waals surface area contributed by atoms with Crippen molar-refractivity contribution < 1.29 is 38.9 Å². The first-order valence-electron chi connectivity index (χ1n) is 21.8. The molecule has 8 atom stereocenters. The second kappa shape index (κ2) is 17.7. The molecule has 0 spiro atoms. The summed E-state index contributed by atoms with van der Waals surface area (Å²) in [6, 6.07) is 15.9. The Morgan fingerprint density at radius 2 is 1.72 bits per heavy atom. The van der Waals surface area contributed by atoms with Crippen LogP contribution in [0.4, 0.5) is 5.69 Å². The summed E-state index contributed by atoms with van der Waals surface area (Å²) in [6.45, 7) is 15.4. The van der Waals surface area contributed by atoms with Crippen LogP contribution in [0.5, 0.6) is 0 Å². The second-order valence-corrected chi connectivity index (χ2v) is 18.0. The molecule has 2 aromatic rings. The topological polar surface area (TPSA) is 159 Å². The number of Topliss-reactive ketones (excluding diaryl/α,β-unsaturated/α-hetero) is 2. The zero-order chi connectivity index (χ0) is 42.4. The Morgan fingerprint density at radius 3 is 2.42 bits per heavy atom. The van der Waals surface area contributed by atoms with Gasteiger partial charge in [0, 0.05) is 65.2 Å². The van der Waals surface area contributed by atoms with Gasteiger partial charge in [0.25, 0.3) is 0 Å². The molecule has 10 nitrogen and oxygen atoms in total. The van der Waals surface area contributed by atoms with Crippen molar-refractivity contribution >= 4 is 46.6 Å². The highest BCUT2D eigenvalue weighted by molar-refractivity contribution is 6.08. The van der Waals surface area contributed by atoms with E-state index in [1.54, 1.807) is 0 Å². The quantitative estimate of drug-likeness (QED) is 0.101. The maximum absolute atomic E-state index is 13.4. The summed E-state index contributed by atoms with van der Waals surface area (Å²) in [6.07, 6.45) is 5.47. The molecule has 6 aliphatic rings. The van der Waals surface area contributed by atoms with Gasteiger partial charge in [0.15, 0.2) is 5.78 Å². The van der Waals surface area contributed by atoms with Crippen LogP contribution in [-0.4, -0.2) is 70.9 Å². The number of aryl methyl sites for hydroxylation is 2. The van der Waals surface area contributed by atoms with Crippen molar-refractivity contribution in [3.8, 4) is 22.5 Å². The fourth-order valence-corrected chi connectivity index (χ4v) is 11.9. The lowest BCUT2D eigenvalue weighted by Crippen LogP contribution is -2.62. The van der Waals surface area contributed by atoms with Crippen molar-refractivity contribution in [1.82, 2.24) is 0 Å². The lowest BCUT2D eigenvalue weighted by atomic mass is 9.44. The molecule has 0 radical (unpaired) electrons. The summed E-state index contributed by atoms with van der Waals surface area (Å²) in [4.78, 5) is 43.2. The average molecular weight is 844 g/mol. The molecule has 0 aromatic heterocycles. The minimum Gasteiger partial charge on any atom is -0.462 e. The fourth-order valence-electron chi connectivity index (χ4n) is 11.9. The first-order valence-corrected chi connectivity index (χ1v) is 21.8. The number of ketones is 2. The van der Waals surface area contributed by atoms with Gasteiger partial charge in [-0.05, 0) is 138 Å². The molecule has 1 heterocycles. The number of aliphatic hydroxyl groups excluding tert-OH is 2. The Labute approximate surface area is 360 Å². The summed E-state index contributed by atoms with van der Waals surface area (Å²) in [5.41, 5.74) is 4.84. The number of esters is 1. The van der Waals surface area contributed by atoms with Crippen LogP contribution in [0.2, 0.25) is 0 Å². The number of halogens is 1. The molecule has 324 valence electrons. The molecule has 0 unspecified atom stereocenters. The maximum atomic E-state index is 13.4. The molecule has 4 saturated carbocycles. The van der Waals surface area contributed by atoms with Crippen LogP contribution < -0.4 is 10.7 Å². The molecule has 0 saturated heterocycles. The number of benzene rings is 3. The highest BCUT2D eigenvalue weighted by atomic mass is 35.5. The Balaban J connectivity index is 0.000000203. The minimum atomic E-state index is -1.58. The number of hydrogen-bond acceptors (Lipinski definition) is 10. The number of aliphatic hydroxyl groups is 3. The van der Waals surface area contributed by atoms with Crippen molar-refractivity contribution in [2.24, 2.45) is 39.5 Å². The van der Waals surface area contributed by atoms with Crippen LogP contribution in [0.1, 0.15) is 107 Å². The van der Waals surface area contributed by atoms with Gasteiger partial charge in [-0.1, -0.05) is 32.0 Å². The molecule has 1 aliphatic heterocycles. The fraction of sp³-hybridized carbons (Fsp3) is 0.551. The number of nitrogens with zero attached hydrogens (tertiary/aromatic N) is 1. The number of carbonyl (C=O) groups excluding carboxylic acids is 3. The number of carbonyl (C=O) groups is 3. The minimum absolute atomic E-state index is 0. The molecule has 4 fully saturated rings. The van der Waals surface area contributed by atoms with Crippen molar-refractivity contribution in [1.29, 1.82) is 0 Å². The largest absolute Gasteiger partial charge is 0.462 e. The van der Waals surface area contributed by atoms with Gasteiger partial charge in [0.2, 0.25) is 0 Å². The third kappa shape index (κ3) is 7.60. The Morgan fingerprint density at radius 1 is 0.967 bits per heavy atom. The Bertz CT molecular complexity index is 2300. The van der Waals surface area contributed by atoms with E-state index >= 15 is 0 Å². The molecule has 4 N–H and O–H groups in total. The van der Waals surface area contributed by atoms with Crippen molar-refractivity contribution in [3.63, 3.8) is 0 Å². The SMILES string of the molecule is CC/N=c1/cc2oc3cc(NCC)c(C)cc3c(-c3ccccc3C(=O)OCC)c-2cc1C.C[C@]12CC[C@@H](O)C[C@H]1CC[C@@H]1[C@@H]2C(=O)C[C@@]2(C)[C@H]1CC[C@]2(O)C(=O)CO.Cl. The standard InChI is InChI=1S/C28H30N2O3.C21H32O5.ClH/c1-6-29-23-15-25-21(13-17(23)4)27(19-11-9-10-12-20(19)28(31)32-8-3)22-14-18(5)24(30-7-2)16-26(22)33-25;1-19-7-5-13(23)9-12(19)3-4-14-15-6-8-21(26,17(25)11-22)20(15,2)10-16(24)18(14)19;/h9-16,29H,6-8H2,1-5H3;12-15,18,22-23,26H,3-11H2,1-2H3;1H/b30-24-;;/t;12-,13-,14+,15+,18-,19+,20+,21+;/m.1./s1. The Hall–Kier alpha value is -4.09. The van der Waals surface area contributed by atoms with E-state index in [-0.39, 0.29) is 59.9 Å². The van der Waals surface area contributed by atoms with Gasteiger partial charge >= 0.3 is 5.97 Å². The molecule has 0 amide bonds. The van der Waals surface area contributed by atoms with Crippen LogP contribution in [0.15, 0.2) is 57.9 Å². The molecular weight excluding hydrogens is 780 g/mol. The predicted molar refractivity (Wildman–Crippen MR) is 236 cm³/mol. The zero-order valence-corrected chi connectivity index (χ0v) is 37.0. The number of hydrogen-bond donors (Lipinski definition) is 4. The molecule has 5 aliphatic carbocycles. The van der Waals surface area contributed by atoms with E-state index in [1.807, 2.05) is 57.2 Å². The van der Waals surface area contributed by atoms with Crippen LogP contribution in [-0.2, 0) is 14.3 Å². The predicted octanol–water partition coefficient (Wildman–Crippen LogP) is 8.63. The number of rotatable bonds is 8. The number of anilines is 1. The summed E-state index contributed by atoms with van der Waals surface area (Å²) in [5.74, 6) is 0.788. The lowest BCUT2D eigenvalue weighted by Gasteiger charge is -2.60. The van der Waals surface area contributed by atoms with E-state index in [9.17, 15) is 29.7 Å². The first-order chi connectivity index (χ1) is 28.1. The molecule has 11 heteroatoms. The summed E-state index contributed by atoms with van der Waals surface area (Å²) >= 11 is 0. The van der Waals surface area contributed by atoms with Gasteiger partial charge in [-0.3, -0.25) is 14.6 Å². The van der Waals surface area contributed by atoms with Gasteiger partial charge in [-0.25, -0.2) is 4.79 Å². The lowest BCUT2D eigenvalue weighted by molar-refractivity contribution is -0.180. The second-order valence-electron chi connectivity index (χ2n) is 18.0. The summed E-state index contributed by atoms with van der Waals surface area (Å²) in [5, 5.41) is 35.9. The normalized spacial score (nSPS) is 29.7. The van der Waals surface area contributed by atoms with Gasteiger partial charge in [0.05, 0.1) is 23.6 Å². The van der Waals surface area contributed by atoms with E-state index in [0.29, 0.717) is 31.1 Å². The van der Waals surface area contributed by atoms with E-state index in [1.165, 1.54) is 0 Å². The molecule has 60 heavy (non-hydrogen) atoms. The van der Waals surface area contributed by atoms with E-state index < -0.39 is 23.4 Å². The zero-order valence-electron chi connectivity index (χ0n) is 36.2. The maximum Gasteiger partial charge on any atom is 0.338 e. The van der Waals surface area contributed by atoms with Crippen LogP contribution >= 0.6 is 12.4 Å². The van der Waals surface area contributed by atoms with Gasteiger partial charge in [-0.15, -0.1) is 12.4 Å². The summed E-state index contributed by atoms with van der Waals surface area (Å²) < 4.78 is 11.8. The van der Waals surface area contributed by atoms with E-state index in [0.717, 1.165) is 101 Å². The van der Waals surface area contributed by atoms with Gasteiger partial charge < -0.3 is 29.8 Å². The highest BCUT2D eigenvalue weighted by Gasteiger charge is 2.68. The average Bonchev–Trinajstić information content (AvgIpc) is 3.48. The van der Waals surface area contributed by atoms with Crippen LogP contribution in [0.3, 0.4) is 0 Å². The van der Waals surface area contributed by atoms with Crippen molar-refractivity contribution in [2.75, 3.05) is 31.6 Å². The van der Waals surface area contributed by atoms with E-state index in [2.05, 4.69) is 50.1 Å². The van der Waals surface area contributed by atoms with Gasteiger partial charge in [0.1, 0.15) is 29.3 Å². The molecule has 8 rings (SSSR count). The number of ether oxygens (including phenoxy) is 1. The van der Waals surface area contributed by atoms with Crippen LogP contribution in [0.25, 0.3) is 33.4 Å². The number of fused-ring (bicyclic) bond motifs is 7. The number of nitrogens with one attached hydrogen (secondary N) is 1. The third-order valence-corrected chi connectivity index (χ3v) is 14.9. The molecular formula is C49H63ClN2O8. The highest BCUT2D eigenvalue weighted by Crippen LogP contribution is 2.67. The Kier molecular flexibility index (Phi) is 13.4. The molecule has 2 aromatic carbocycles.